The van der Waals surface area contributed by atoms with Crippen LogP contribution in [-0.4, -0.2) is 55.6 Å². The lowest BCUT2D eigenvalue weighted by atomic mass is 9.75. The van der Waals surface area contributed by atoms with Gasteiger partial charge in [-0.3, -0.25) is 9.69 Å². The minimum absolute atomic E-state index is 0.0931. The second-order valence-electron chi connectivity index (χ2n) is 6.89. The second kappa shape index (κ2) is 6.01. The second-order valence-corrected chi connectivity index (χ2v) is 6.89. The molecule has 2 saturated heterocycles. The lowest BCUT2D eigenvalue weighted by molar-refractivity contribution is -0.148. The van der Waals surface area contributed by atoms with Crippen molar-refractivity contribution in [1.29, 1.82) is 0 Å². The summed E-state index contributed by atoms with van der Waals surface area (Å²) in [5.74, 6) is 0.226. The number of carbonyl (C=O) groups is 1. The molecule has 2 aliphatic rings. The van der Waals surface area contributed by atoms with E-state index in [2.05, 4.69) is 36.1 Å². The zero-order valence-electron chi connectivity index (χ0n) is 13.8. The molecule has 0 aliphatic carbocycles. The highest BCUT2D eigenvalue weighted by Crippen LogP contribution is 2.42. The molecule has 2 aliphatic heterocycles. The standard InChI is InChI=1S/C18H26N2O2/c1-14-6-4-5-7-15(14)12-20-10-8-16-18(13-20,9-11-22-16)17(21)19(2)3/h4-7,16H,8-13H2,1-3H3/t16-,18-/m0/s1. The summed E-state index contributed by atoms with van der Waals surface area (Å²) < 4.78 is 5.88. The molecule has 0 spiro atoms. The van der Waals surface area contributed by atoms with Crippen LogP contribution in [0, 0.1) is 12.3 Å². The maximum atomic E-state index is 12.8. The first-order chi connectivity index (χ1) is 10.5. The highest BCUT2D eigenvalue weighted by Gasteiger charge is 2.53. The summed E-state index contributed by atoms with van der Waals surface area (Å²) in [6, 6.07) is 8.51. The highest BCUT2D eigenvalue weighted by molar-refractivity contribution is 5.83. The van der Waals surface area contributed by atoms with Gasteiger partial charge in [-0.05, 0) is 30.9 Å². The molecule has 0 N–H and O–H groups in total. The van der Waals surface area contributed by atoms with E-state index in [4.69, 9.17) is 4.74 Å². The fraction of sp³-hybridized carbons (Fsp3) is 0.611. The van der Waals surface area contributed by atoms with Crippen molar-refractivity contribution in [3.63, 3.8) is 0 Å². The number of benzene rings is 1. The summed E-state index contributed by atoms with van der Waals surface area (Å²) in [5, 5.41) is 0. The molecule has 3 rings (SSSR count). The van der Waals surface area contributed by atoms with E-state index >= 15 is 0 Å². The van der Waals surface area contributed by atoms with Crippen molar-refractivity contribution < 1.29 is 9.53 Å². The highest BCUT2D eigenvalue weighted by atomic mass is 16.5. The van der Waals surface area contributed by atoms with Crippen molar-refractivity contribution in [3.8, 4) is 0 Å². The Morgan fingerprint density at radius 1 is 1.41 bits per heavy atom. The molecule has 1 aromatic rings. The Morgan fingerprint density at radius 2 is 2.18 bits per heavy atom. The van der Waals surface area contributed by atoms with Gasteiger partial charge in [0.15, 0.2) is 0 Å². The molecular weight excluding hydrogens is 276 g/mol. The van der Waals surface area contributed by atoms with E-state index in [1.54, 1.807) is 4.90 Å². The molecule has 120 valence electrons. The fourth-order valence-corrected chi connectivity index (χ4v) is 3.94. The van der Waals surface area contributed by atoms with Crippen molar-refractivity contribution in [1.82, 2.24) is 9.80 Å². The van der Waals surface area contributed by atoms with Crippen molar-refractivity contribution in [2.45, 2.75) is 32.4 Å². The Labute approximate surface area is 133 Å². The van der Waals surface area contributed by atoms with Gasteiger partial charge < -0.3 is 9.64 Å². The third-order valence-corrected chi connectivity index (χ3v) is 5.18. The SMILES string of the molecule is Cc1ccccc1CN1CC[C@@H]2OCC[C@]2(C(=O)N(C)C)C1. The van der Waals surface area contributed by atoms with E-state index < -0.39 is 0 Å². The number of amides is 1. The lowest BCUT2D eigenvalue weighted by Gasteiger charge is -2.43. The van der Waals surface area contributed by atoms with Crippen molar-refractivity contribution >= 4 is 5.91 Å². The molecule has 1 aromatic carbocycles. The average molecular weight is 302 g/mol. The molecule has 0 saturated carbocycles. The van der Waals surface area contributed by atoms with Gasteiger partial charge in [-0.25, -0.2) is 0 Å². The van der Waals surface area contributed by atoms with E-state index in [9.17, 15) is 4.79 Å². The van der Waals surface area contributed by atoms with E-state index in [0.29, 0.717) is 6.61 Å². The van der Waals surface area contributed by atoms with Gasteiger partial charge >= 0.3 is 0 Å². The zero-order chi connectivity index (χ0) is 15.7. The van der Waals surface area contributed by atoms with Crippen LogP contribution in [-0.2, 0) is 16.1 Å². The first kappa shape index (κ1) is 15.5. The number of carbonyl (C=O) groups excluding carboxylic acids is 1. The van der Waals surface area contributed by atoms with Crippen LogP contribution in [0.1, 0.15) is 24.0 Å². The van der Waals surface area contributed by atoms with Gasteiger partial charge in [0, 0.05) is 40.3 Å². The van der Waals surface area contributed by atoms with Crippen molar-refractivity contribution in [2.24, 2.45) is 5.41 Å². The average Bonchev–Trinajstić information content (AvgIpc) is 2.93. The number of hydrogen-bond acceptors (Lipinski definition) is 3. The summed E-state index contributed by atoms with van der Waals surface area (Å²) in [5.41, 5.74) is 2.33. The summed E-state index contributed by atoms with van der Waals surface area (Å²) in [4.78, 5) is 16.9. The molecule has 0 bridgehead atoms. The normalized spacial score (nSPS) is 28.4. The molecule has 1 amide bonds. The molecule has 2 heterocycles. The van der Waals surface area contributed by atoms with E-state index in [1.807, 2.05) is 14.1 Å². The number of aryl methyl sites for hydroxylation is 1. The smallest absolute Gasteiger partial charge is 0.232 e. The van der Waals surface area contributed by atoms with Gasteiger partial charge in [-0.2, -0.15) is 0 Å². The van der Waals surface area contributed by atoms with Crippen molar-refractivity contribution in [2.75, 3.05) is 33.8 Å². The topological polar surface area (TPSA) is 32.8 Å². The monoisotopic (exact) mass is 302 g/mol. The quantitative estimate of drug-likeness (QED) is 0.857. The Morgan fingerprint density at radius 3 is 2.91 bits per heavy atom. The first-order valence-corrected chi connectivity index (χ1v) is 8.13. The summed E-state index contributed by atoms with van der Waals surface area (Å²) >= 11 is 0. The summed E-state index contributed by atoms with van der Waals surface area (Å²) in [6.07, 6.45) is 1.89. The van der Waals surface area contributed by atoms with Gasteiger partial charge in [0.25, 0.3) is 0 Å². The molecule has 4 heteroatoms. The Kier molecular flexibility index (Phi) is 4.24. The fourth-order valence-electron chi connectivity index (χ4n) is 3.94. The van der Waals surface area contributed by atoms with Crippen LogP contribution in [0.15, 0.2) is 24.3 Å². The maximum absolute atomic E-state index is 12.8. The van der Waals surface area contributed by atoms with Gasteiger partial charge in [0.2, 0.25) is 5.91 Å². The van der Waals surface area contributed by atoms with E-state index in [1.165, 1.54) is 11.1 Å². The third-order valence-electron chi connectivity index (χ3n) is 5.18. The molecule has 4 nitrogen and oxygen atoms in total. The number of rotatable bonds is 3. The van der Waals surface area contributed by atoms with Gasteiger partial charge in [-0.15, -0.1) is 0 Å². The largest absolute Gasteiger partial charge is 0.377 e. The molecule has 2 atom stereocenters. The number of fused-ring (bicyclic) bond motifs is 1. The van der Waals surface area contributed by atoms with Crippen LogP contribution >= 0.6 is 0 Å². The number of nitrogens with zero attached hydrogens (tertiary/aromatic N) is 2. The van der Waals surface area contributed by atoms with Crippen LogP contribution in [0.4, 0.5) is 0 Å². The van der Waals surface area contributed by atoms with Crippen LogP contribution in [0.2, 0.25) is 0 Å². The Hall–Kier alpha value is -1.39. The van der Waals surface area contributed by atoms with Gasteiger partial charge in [0.1, 0.15) is 0 Å². The van der Waals surface area contributed by atoms with Crippen LogP contribution in [0.3, 0.4) is 0 Å². The molecule has 2 fully saturated rings. The molecule has 0 unspecified atom stereocenters. The minimum Gasteiger partial charge on any atom is -0.377 e. The molecular formula is C18H26N2O2. The predicted octanol–water partition coefficient (Wildman–Crippen LogP) is 2.06. The number of hydrogen-bond donors (Lipinski definition) is 0. The summed E-state index contributed by atoms with van der Waals surface area (Å²) in [7, 11) is 3.71. The zero-order valence-corrected chi connectivity index (χ0v) is 13.8. The van der Waals surface area contributed by atoms with Crippen LogP contribution in [0.5, 0.6) is 0 Å². The number of ether oxygens (including phenoxy) is 1. The number of likely N-dealkylation sites (tertiary alicyclic amines) is 1. The van der Waals surface area contributed by atoms with Crippen molar-refractivity contribution in [3.05, 3.63) is 35.4 Å². The van der Waals surface area contributed by atoms with E-state index in [-0.39, 0.29) is 17.4 Å². The molecule has 22 heavy (non-hydrogen) atoms. The maximum Gasteiger partial charge on any atom is 0.232 e. The Balaban J connectivity index is 1.79. The molecule has 0 aromatic heterocycles. The molecule has 0 radical (unpaired) electrons. The lowest BCUT2D eigenvalue weighted by Crippen LogP contribution is -2.56. The van der Waals surface area contributed by atoms with Gasteiger partial charge in [0.05, 0.1) is 11.5 Å². The third kappa shape index (κ3) is 2.66. The van der Waals surface area contributed by atoms with E-state index in [0.717, 1.165) is 32.5 Å². The van der Waals surface area contributed by atoms with Gasteiger partial charge in [-0.1, -0.05) is 24.3 Å². The Bertz CT molecular complexity index is 558. The predicted molar refractivity (Wildman–Crippen MR) is 86.6 cm³/mol. The van der Waals surface area contributed by atoms with Crippen LogP contribution in [0.25, 0.3) is 0 Å². The van der Waals surface area contributed by atoms with Crippen LogP contribution < -0.4 is 0 Å². The minimum atomic E-state index is -0.343. The summed E-state index contributed by atoms with van der Waals surface area (Å²) in [6.45, 7) is 5.59. The number of piperidine rings is 1. The first-order valence-electron chi connectivity index (χ1n) is 8.13.